The van der Waals surface area contributed by atoms with Gasteiger partial charge in [0.2, 0.25) is 0 Å². The average molecular weight is 358 g/mol. The second-order valence-electron chi connectivity index (χ2n) is 5.73. The van der Waals surface area contributed by atoms with E-state index in [9.17, 15) is 13.2 Å². The second kappa shape index (κ2) is 6.56. The number of para-hydroxylation sites is 1. The zero-order valence-corrected chi connectivity index (χ0v) is 14.6. The maximum absolute atomic E-state index is 12.4. The van der Waals surface area contributed by atoms with E-state index in [1.165, 1.54) is 23.1 Å². The first-order valence-corrected chi connectivity index (χ1v) is 9.53. The van der Waals surface area contributed by atoms with Crippen molar-refractivity contribution in [1.82, 2.24) is 20.1 Å². The van der Waals surface area contributed by atoms with Crippen molar-refractivity contribution in [1.29, 1.82) is 0 Å². The fraction of sp³-hybridized carbons (Fsp3) is 0.176. The number of benzene rings is 1. The Morgan fingerprint density at radius 3 is 2.68 bits per heavy atom. The van der Waals surface area contributed by atoms with Gasteiger partial charge in [0.05, 0.1) is 28.4 Å². The van der Waals surface area contributed by atoms with Crippen LogP contribution >= 0.6 is 0 Å². The molecule has 0 bridgehead atoms. The SMILES string of the molecule is CC(NC(=O)c1cnn(-c2ccccc2S(C)(=O)=O)c1)c1ccc[nH]1. The molecular weight excluding hydrogens is 340 g/mol. The van der Waals surface area contributed by atoms with E-state index in [0.717, 1.165) is 11.9 Å². The van der Waals surface area contributed by atoms with Gasteiger partial charge in [0.15, 0.2) is 9.84 Å². The average Bonchev–Trinajstić information content (AvgIpc) is 3.26. The van der Waals surface area contributed by atoms with Crippen LogP contribution in [-0.4, -0.2) is 35.3 Å². The van der Waals surface area contributed by atoms with Crippen molar-refractivity contribution in [3.8, 4) is 5.69 Å². The number of hydrogen-bond acceptors (Lipinski definition) is 4. The molecular formula is C17H18N4O3S. The maximum atomic E-state index is 12.4. The number of amides is 1. The molecule has 0 radical (unpaired) electrons. The van der Waals surface area contributed by atoms with Crippen LogP contribution in [0.3, 0.4) is 0 Å². The quantitative estimate of drug-likeness (QED) is 0.730. The standard InChI is InChI=1S/C17H18N4O3S/c1-12(14-6-5-9-18-14)20-17(22)13-10-19-21(11-13)15-7-3-4-8-16(15)25(2,23)24/h3-12,18H,1-2H3,(H,20,22). The highest BCUT2D eigenvalue weighted by atomic mass is 32.2. The van der Waals surface area contributed by atoms with Crippen molar-refractivity contribution in [2.45, 2.75) is 17.9 Å². The number of H-pyrrole nitrogens is 1. The summed E-state index contributed by atoms with van der Waals surface area (Å²) in [6.07, 6.45) is 5.86. The Kier molecular flexibility index (Phi) is 4.45. The van der Waals surface area contributed by atoms with E-state index in [4.69, 9.17) is 0 Å². The van der Waals surface area contributed by atoms with Gasteiger partial charge in [-0.3, -0.25) is 4.79 Å². The van der Waals surface area contributed by atoms with Crippen molar-refractivity contribution >= 4 is 15.7 Å². The largest absolute Gasteiger partial charge is 0.363 e. The Morgan fingerprint density at radius 1 is 1.24 bits per heavy atom. The number of rotatable bonds is 5. The summed E-state index contributed by atoms with van der Waals surface area (Å²) in [5.41, 5.74) is 1.64. The highest BCUT2D eigenvalue weighted by molar-refractivity contribution is 7.90. The highest BCUT2D eigenvalue weighted by Crippen LogP contribution is 2.19. The molecule has 0 saturated heterocycles. The first-order valence-electron chi connectivity index (χ1n) is 7.64. The number of carbonyl (C=O) groups is 1. The lowest BCUT2D eigenvalue weighted by molar-refractivity contribution is 0.0939. The Balaban J connectivity index is 1.85. The summed E-state index contributed by atoms with van der Waals surface area (Å²) in [6, 6.07) is 10.1. The minimum Gasteiger partial charge on any atom is -0.363 e. The van der Waals surface area contributed by atoms with Crippen LogP contribution in [-0.2, 0) is 9.84 Å². The molecule has 2 N–H and O–H groups in total. The van der Waals surface area contributed by atoms with Gasteiger partial charge in [0.1, 0.15) is 0 Å². The van der Waals surface area contributed by atoms with E-state index in [-0.39, 0.29) is 16.8 Å². The molecule has 2 aromatic heterocycles. The minimum absolute atomic E-state index is 0.157. The molecule has 1 amide bonds. The summed E-state index contributed by atoms with van der Waals surface area (Å²) in [5.74, 6) is -0.287. The highest BCUT2D eigenvalue weighted by Gasteiger charge is 2.17. The molecule has 1 unspecified atom stereocenters. The van der Waals surface area contributed by atoms with Gasteiger partial charge < -0.3 is 10.3 Å². The zero-order chi connectivity index (χ0) is 18.0. The molecule has 1 aromatic carbocycles. The summed E-state index contributed by atoms with van der Waals surface area (Å²) >= 11 is 0. The van der Waals surface area contributed by atoms with Crippen LogP contribution in [0.25, 0.3) is 5.69 Å². The third kappa shape index (κ3) is 3.63. The molecule has 0 fully saturated rings. The van der Waals surface area contributed by atoms with Crippen LogP contribution in [0.4, 0.5) is 0 Å². The predicted octanol–water partition coefficient (Wildman–Crippen LogP) is 2.09. The van der Waals surface area contributed by atoms with Crippen LogP contribution in [0.15, 0.2) is 59.9 Å². The zero-order valence-electron chi connectivity index (χ0n) is 13.8. The van der Waals surface area contributed by atoms with Crippen molar-refractivity contribution in [3.05, 3.63) is 66.2 Å². The number of nitrogens with zero attached hydrogens (tertiary/aromatic N) is 2. The van der Waals surface area contributed by atoms with Gasteiger partial charge >= 0.3 is 0 Å². The van der Waals surface area contributed by atoms with Crippen molar-refractivity contribution < 1.29 is 13.2 Å². The fourth-order valence-corrected chi connectivity index (χ4v) is 3.37. The van der Waals surface area contributed by atoms with Gasteiger partial charge in [-0.15, -0.1) is 0 Å². The van der Waals surface area contributed by atoms with Gasteiger partial charge in [-0.2, -0.15) is 5.10 Å². The number of aromatic nitrogens is 3. The van der Waals surface area contributed by atoms with Crippen LogP contribution in [0.5, 0.6) is 0 Å². The van der Waals surface area contributed by atoms with Gasteiger partial charge in [0.25, 0.3) is 5.91 Å². The van der Waals surface area contributed by atoms with E-state index in [0.29, 0.717) is 11.3 Å². The fourth-order valence-electron chi connectivity index (χ4n) is 2.50. The number of aromatic amines is 1. The third-order valence-electron chi connectivity index (χ3n) is 3.79. The van der Waals surface area contributed by atoms with Gasteiger partial charge in [-0.05, 0) is 31.2 Å². The molecule has 3 aromatic rings. The molecule has 130 valence electrons. The molecule has 7 nitrogen and oxygen atoms in total. The number of sulfone groups is 1. The minimum atomic E-state index is -3.41. The second-order valence-corrected chi connectivity index (χ2v) is 7.72. The lowest BCUT2D eigenvalue weighted by atomic mass is 10.2. The third-order valence-corrected chi connectivity index (χ3v) is 4.94. The monoisotopic (exact) mass is 358 g/mol. The summed E-state index contributed by atoms with van der Waals surface area (Å²) < 4.78 is 25.2. The smallest absolute Gasteiger partial charge is 0.255 e. The van der Waals surface area contributed by atoms with Gasteiger partial charge in [-0.25, -0.2) is 13.1 Å². The normalized spacial score (nSPS) is 12.7. The number of hydrogen-bond donors (Lipinski definition) is 2. The molecule has 1 atom stereocenters. The van der Waals surface area contributed by atoms with Crippen molar-refractivity contribution in [3.63, 3.8) is 0 Å². The van der Waals surface area contributed by atoms with Gasteiger partial charge in [-0.1, -0.05) is 12.1 Å². The molecule has 0 aliphatic rings. The summed E-state index contributed by atoms with van der Waals surface area (Å²) in [6.45, 7) is 1.87. The molecule has 0 spiro atoms. The molecule has 3 rings (SSSR count). The Labute approximate surface area is 145 Å². The Hall–Kier alpha value is -2.87. The Morgan fingerprint density at radius 2 is 2.00 bits per heavy atom. The molecule has 25 heavy (non-hydrogen) atoms. The summed E-state index contributed by atoms with van der Waals surface area (Å²) in [5, 5.41) is 7.00. The molecule has 0 aliphatic carbocycles. The molecule has 8 heteroatoms. The molecule has 2 heterocycles. The van der Waals surface area contributed by atoms with E-state index in [1.807, 2.05) is 19.1 Å². The maximum Gasteiger partial charge on any atom is 0.255 e. The molecule has 0 saturated carbocycles. The van der Waals surface area contributed by atoms with E-state index in [2.05, 4.69) is 15.4 Å². The predicted molar refractivity (Wildman–Crippen MR) is 93.3 cm³/mol. The molecule has 0 aliphatic heterocycles. The first kappa shape index (κ1) is 17.0. The Bertz CT molecular complexity index is 991. The van der Waals surface area contributed by atoms with Crippen LogP contribution in [0.1, 0.15) is 29.0 Å². The van der Waals surface area contributed by atoms with Crippen molar-refractivity contribution in [2.75, 3.05) is 6.26 Å². The van der Waals surface area contributed by atoms with Crippen molar-refractivity contribution in [2.24, 2.45) is 0 Å². The van der Waals surface area contributed by atoms with E-state index < -0.39 is 9.84 Å². The lowest BCUT2D eigenvalue weighted by Crippen LogP contribution is -2.26. The van der Waals surface area contributed by atoms with E-state index >= 15 is 0 Å². The first-order chi connectivity index (χ1) is 11.9. The number of nitrogens with one attached hydrogen (secondary N) is 2. The summed E-state index contributed by atoms with van der Waals surface area (Å²) in [7, 11) is -3.41. The number of carbonyl (C=O) groups excluding carboxylic acids is 1. The van der Waals surface area contributed by atoms with Gasteiger partial charge in [0, 0.05) is 24.3 Å². The topological polar surface area (TPSA) is 96.8 Å². The lowest BCUT2D eigenvalue weighted by Gasteiger charge is -2.11. The van der Waals surface area contributed by atoms with E-state index in [1.54, 1.807) is 24.4 Å². The van der Waals surface area contributed by atoms with Crippen LogP contribution in [0, 0.1) is 0 Å². The van der Waals surface area contributed by atoms with Crippen LogP contribution in [0.2, 0.25) is 0 Å². The summed E-state index contributed by atoms with van der Waals surface area (Å²) in [4.78, 5) is 15.6. The van der Waals surface area contributed by atoms with Crippen LogP contribution < -0.4 is 5.32 Å².